The molecule has 5 heteroatoms. The largest absolute Gasteiger partial charge is 0.440 e. The van der Waals surface area contributed by atoms with E-state index in [1.165, 1.54) is 24.1 Å². The van der Waals surface area contributed by atoms with Crippen molar-refractivity contribution in [3.05, 3.63) is 47.6 Å². The number of thioether (sulfide) groups is 1. The third-order valence-corrected chi connectivity index (χ3v) is 3.05. The number of rotatable bonds is 3. The molecule has 18 heavy (non-hydrogen) atoms. The van der Waals surface area contributed by atoms with Crippen molar-refractivity contribution in [3.8, 4) is 11.8 Å². The molecule has 0 amide bonds. The van der Waals surface area contributed by atoms with Gasteiger partial charge in [0, 0.05) is 5.75 Å². The molecule has 0 radical (unpaired) electrons. The van der Waals surface area contributed by atoms with Crippen molar-refractivity contribution in [2.45, 2.75) is 11.0 Å². The SMILES string of the molecule is NCC#Cc1cc(CSc2ncco2)ccc1F. The van der Waals surface area contributed by atoms with Crippen LogP contribution in [0.25, 0.3) is 0 Å². The molecule has 1 heterocycles. The maximum absolute atomic E-state index is 13.4. The summed E-state index contributed by atoms with van der Waals surface area (Å²) in [5, 5.41) is 0.592. The Balaban J connectivity index is 2.09. The summed E-state index contributed by atoms with van der Waals surface area (Å²) in [6, 6.07) is 4.85. The predicted molar refractivity (Wildman–Crippen MR) is 68.4 cm³/mol. The van der Waals surface area contributed by atoms with Crippen molar-refractivity contribution >= 4 is 11.8 Å². The highest BCUT2D eigenvalue weighted by Crippen LogP contribution is 2.21. The van der Waals surface area contributed by atoms with Crippen molar-refractivity contribution in [2.75, 3.05) is 6.54 Å². The van der Waals surface area contributed by atoms with Crippen molar-refractivity contribution in [1.82, 2.24) is 4.98 Å². The van der Waals surface area contributed by atoms with Gasteiger partial charge in [0.2, 0.25) is 0 Å². The fourth-order valence-corrected chi connectivity index (χ4v) is 2.06. The molecule has 0 bridgehead atoms. The molecule has 1 aromatic heterocycles. The summed E-state index contributed by atoms with van der Waals surface area (Å²) in [7, 11) is 0. The zero-order chi connectivity index (χ0) is 12.8. The van der Waals surface area contributed by atoms with E-state index in [-0.39, 0.29) is 12.4 Å². The second-order valence-electron chi connectivity index (χ2n) is 3.41. The summed E-state index contributed by atoms with van der Waals surface area (Å²) in [6.07, 6.45) is 3.11. The molecule has 0 aliphatic carbocycles. The fourth-order valence-electron chi connectivity index (χ4n) is 1.33. The van der Waals surface area contributed by atoms with Crippen LogP contribution in [0.2, 0.25) is 0 Å². The van der Waals surface area contributed by atoms with Crippen LogP contribution in [0.15, 0.2) is 40.3 Å². The van der Waals surface area contributed by atoms with Gasteiger partial charge in [-0.1, -0.05) is 29.7 Å². The standard InChI is InChI=1S/C13H11FN2OS/c14-12-4-3-10(8-11(12)2-1-5-15)9-18-13-16-6-7-17-13/h3-4,6-8H,5,9,15H2. The average molecular weight is 262 g/mol. The Morgan fingerprint density at radius 1 is 1.44 bits per heavy atom. The Hall–Kier alpha value is -1.77. The van der Waals surface area contributed by atoms with Gasteiger partial charge in [-0.15, -0.1) is 0 Å². The van der Waals surface area contributed by atoms with Gasteiger partial charge in [-0.3, -0.25) is 0 Å². The Bertz CT molecular complexity index is 572. The van der Waals surface area contributed by atoms with E-state index in [1.807, 2.05) is 0 Å². The number of nitrogens with two attached hydrogens (primary N) is 1. The Kier molecular flexibility index (Phi) is 4.40. The summed E-state index contributed by atoms with van der Waals surface area (Å²) in [5.74, 6) is 5.67. The third kappa shape index (κ3) is 3.36. The lowest BCUT2D eigenvalue weighted by Crippen LogP contribution is -1.94. The number of halogens is 1. The number of oxazole rings is 1. The van der Waals surface area contributed by atoms with Gasteiger partial charge < -0.3 is 10.2 Å². The highest BCUT2D eigenvalue weighted by atomic mass is 32.2. The minimum absolute atomic E-state index is 0.217. The molecule has 0 aliphatic rings. The average Bonchev–Trinajstić information content (AvgIpc) is 2.89. The van der Waals surface area contributed by atoms with E-state index in [0.29, 0.717) is 16.5 Å². The molecule has 0 aliphatic heterocycles. The molecular formula is C13H11FN2OS. The molecule has 2 N–H and O–H groups in total. The quantitative estimate of drug-likeness (QED) is 0.681. The first kappa shape index (κ1) is 12.7. The van der Waals surface area contributed by atoms with E-state index in [0.717, 1.165) is 5.56 Å². The topological polar surface area (TPSA) is 52.0 Å². The van der Waals surface area contributed by atoms with Crippen molar-refractivity contribution in [1.29, 1.82) is 0 Å². The highest BCUT2D eigenvalue weighted by Gasteiger charge is 2.04. The van der Waals surface area contributed by atoms with Gasteiger partial charge in [0.25, 0.3) is 5.22 Å². The first-order chi connectivity index (χ1) is 8.79. The van der Waals surface area contributed by atoms with E-state index in [1.54, 1.807) is 18.3 Å². The van der Waals surface area contributed by atoms with Crippen LogP contribution in [0, 0.1) is 17.7 Å². The first-order valence-electron chi connectivity index (χ1n) is 5.29. The summed E-state index contributed by atoms with van der Waals surface area (Å²) < 4.78 is 18.5. The van der Waals surface area contributed by atoms with Crippen LogP contribution >= 0.6 is 11.8 Å². The zero-order valence-electron chi connectivity index (χ0n) is 9.52. The Morgan fingerprint density at radius 3 is 3.06 bits per heavy atom. The molecular weight excluding hydrogens is 251 g/mol. The van der Waals surface area contributed by atoms with Gasteiger partial charge in [0.05, 0.1) is 18.3 Å². The smallest absolute Gasteiger partial charge is 0.255 e. The van der Waals surface area contributed by atoms with Crippen LogP contribution in [0.3, 0.4) is 0 Å². The molecule has 0 unspecified atom stereocenters. The van der Waals surface area contributed by atoms with Crippen LogP contribution in [0.5, 0.6) is 0 Å². The Morgan fingerprint density at radius 2 is 2.33 bits per heavy atom. The second-order valence-corrected chi connectivity index (χ2v) is 4.33. The molecule has 2 rings (SSSR count). The monoisotopic (exact) mass is 262 g/mol. The summed E-state index contributed by atoms with van der Waals surface area (Å²) in [4.78, 5) is 4.00. The number of nitrogens with zero attached hydrogens (tertiary/aromatic N) is 1. The van der Waals surface area contributed by atoms with Crippen LogP contribution in [-0.4, -0.2) is 11.5 Å². The third-order valence-electron chi connectivity index (χ3n) is 2.13. The lowest BCUT2D eigenvalue weighted by Gasteiger charge is -2.01. The molecule has 0 spiro atoms. The maximum atomic E-state index is 13.4. The van der Waals surface area contributed by atoms with Crippen molar-refractivity contribution in [3.63, 3.8) is 0 Å². The second kappa shape index (κ2) is 6.24. The van der Waals surface area contributed by atoms with Crippen molar-refractivity contribution < 1.29 is 8.81 Å². The van der Waals surface area contributed by atoms with Crippen LogP contribution < -0.4 is 5.73 Å². The lowest BCUT2D eigenvalue weighted by atomic mass is 10.1. The van der Waals surface area contributed by atoms with Gasteiger partial charge in [-0.2, -0.15) is 0 Å². The molecule has 2 aromatic rings. The molecule has 92 valence electrons. The van der Waals surface area contributed by atoms with Gasteiger partial charge >= 0.3 is 0 Å². The van der Waals surface area contributed by atoms with Gasteiger partial charge in [-0.25, -0.2) is 9.37 Å². The molecule has 3 nitrogen and oxygen atoms in total. The van der Waals surface area contributed by atoms with Gasteiger partial charge in [-0.05, 0) is 17.7 Å². The van der Waals surface area contributed by atoms with Gasteiger partial charge in [0.15, 0.2) is 0 Å². The molecule has 0 saturated carbocycles. The van der Waals surface area contributed by atoms with E-state index >= 15 is 0 Å². The van der Waals surface area contributed by atoms with Crippen LogP contribution in [0.1, 0.15) is 11.1 Å². The molecule has 0 fully saturated rings. The fraction of sp³-hybridized carbons (Fsp3) is 0.154. The number of hydrogen-bond donors (Lipinski definition) is 1. The minimum atomic E-state index is -0.333. The van der Waals surface area contributed by atoms with E-state index < -0.39 is 0 Å². The predicted octanol–water partition coefficient (Wildman–Crippen LogP) is 2.42. The number of benzene rings is 1. The van der Waals surface area contributed by atoms with Crippen molar-refractivity contribution in [2.24, 2.45) is 5.73 Å². The molecule has 0 atom stereocenters. The van der Waals surface area contributed by atoms with Crippen LogP contribution in [-0.2, 0) is 5.75 Å². The lowest BCUT2D eigenvalue weighted by molar-refractivity contribution is 0.454. The summed E-state index contributed by atoms with van der Waals surface area (Å²) in [6.45, 7) is 0.217. The minimum Gasteiger partial charge on any atom is -0.440 e. The normalized spacial score (nSPS) is 9.89. The maximum Gasteiger partial charge on any atom is 0.255 e. The summed E-state index contributed by atoms with van der Waals surface area (Å²) in [5.41, 5.74) is 6.59. The van der Waals surface area contributed by atoms with E-state index in [4.69, 9.17) is 10.2 Å². The molecule has 0 saturated heterocycles. The molecule has 1 aromatic carbocycles. The van der Waals surface area contributed by atoms with E-state index in [9.17, 15) is 4.39 Å². The van der Waals surface area contributed by atoms with Crippen LogP contribution in [0.4, 0.5) is 4.39 Å². The summed E-state index contributed by atoms with van der Waals surface area (Å²) >= 11 is 1.45. The van der Waals surface area contributed by atoms with E-state index in [2.05, 4.69) is 16.8 Å². The number of aromatic nitrogens is 1. The Labute approximate surface area is 109 Å². The first-order valence-corrected chi connectivity index (χ1v) is 6.28. The zero-order valence-corrected chi connectivity index (χ0v) is 10.3. The number of hydrogen-bond acceptors (Lipinski definition) is 4. The highest BCUT2D eigenvalue weighted by molar-refractivity contribution is 7.98. The van der Waals surface area contributed by atoms with Gasteiger partial charge in [0.1, 0.15) is 12.1 Å².